The number of nitrogens with two attached hydrogens (primary N) is 1. The summed E-state index contributed by atoms with van der Waals surface area (Å²) in [6.07, 6.45) is 0. The Morgan fingerprint density at radius 2 is 2.38 bits per heavy atom. The van der Waals surface area contributed by atoms with Crippen LogP contribution in [0.5, 0.6) is 0 Å². The summed E-state index contributed by atoms with van der Waals surface area (Å²) in [5.41, 5.74) is 5.29. The molecule has 1 rings (SSSR count). The molecule has 0 atom stereocenters. The third-order valence-corrected chi connectivity index (χ3v) is 2.34. The Bertz CT molecular complexity index is 374. The average molecular weight is 220 g/mol. The molecule has 0 saturated heterocycles. The third kappa shape index (κ3) is 1.96. The van der Waals surface area contributed by atoms with E-state index in [9.17, 15) is 4.79 Å². The molecule has 0 aliphatic heterocycles. The lowest BCUT2D eigenvalue weighted by atomic mass is 10.3. The summed E-state index contributed by atoms with van der Waals surface area (Å²) in [4.78, 5) is 17.9. The standard InChI is InChI=1S/C6H6ClN3O2S/c1-9-3(5(11)12)2-4(7)13-6(8)10-2/h1H3,(H2,8,10)(H,11,12). The second-order valence-corrected chi connectivity index (χ2v) is 3.68. The molecule has 1 aromatic heterocycles. The minimum atomic E-state index is -1.17. The summed E-state index contributed by atoms with van der Waals surface area (Å²) in [6, 6.07) is 0. The summed E-state index contributed by atoms with van der Waals surface area (Å²) in [6.45, 7) is 0. The predicted molar refractivity (Wildman–Crippen MR) is 51.6 cm³/mol. The van der Waals surface area contributed by atoms with E-state index in [0.29, 0.717) is 0 Å². The van der Waals surface area contributed by atoms with Crippen LogP contribution < -0.4 is 5.73 Å². The fourth-order valence-corrected chi connectivity index (χ4v) is 1.69. The number of carbonyl (C=O) groups is 1. The highest BCUT2D eigenvalue weighted by Gasteiger charge is 2.19. The SMILES string of the molecule is CN=C(C(=O)O)c1nc(N)sc1Cl. The second-order valence-electron chi connectivity index (χ2n) is 2.05. The van der Waals surface area contributed by atoms with Crippen LogP contribution in [0, 0.1) is 0 Å². The van der Waals surface area contributed by atoms with Gasteiger partial charge in [0.25, 0.3) is 0 Å². The van der Waals surface area contributed by atoms with Gasteiger partial charge in [-0.25, -0.2) is 9.78 Å². The number of aliphatic imine (C=N–C) groups is 1. The molecule has 70 valence electrons. The number of nitrogen functional groups attached to an aromatic ring is 1. The van der Waals surface area contributed by atoms with Crippen LogP contribution in [0.3, 0.4) is 0 Å². The number of hydrogen-bond donors (Lipinski definition) is 2. The zero-order valence-electron chi connectivity index (χ0n) is 6.61. The number of hydrogen-bond acceptors (Lipinski definition) is 5. The molecule has 0 aromatic carbocycles. The maximum atomic E-state index is 10.6. The number of carboxylic acids is 1. The maximum absolute atomic E-state index is 10.6. The van der Waals surface area contributed by atoms with Gasteiger partial charge in [0, 0.05) is 7.05 Å². The van der Waals surface area contributed by atoms with Gasteiger partial charge in [-0.1, -0.05) is 22.9 Å². The van der Waals surface area contributed by atoms with Gasteiger partial charge in [-0.15, -0.1) is 0 Å². The van der Waals surface area contributed by atoms with Crippen molar-refractivity contribution in [1.29, 1.82) is 0 Å². The molecule has 0 saturated carbocycles. The maximum Gasteiger partial charge on any atom is 0.356 e. The van der Waals surface area contributed by atoms with Crippen LogP contribution in [0.2, 0.25) is 4.34 Å². The van der Waals surface area contributed by atoms with Gasteiger partial charge >= 0.3 is 5.97 Å². The van der Waals surface area contributed by atoms with Crippen LogP contribution in [0.1, 0.15) is 5.69 Å². The van der Waals surface area contributed by atoms with Crippen LogP contribution in [0.4, 0.5) is 5.13 Å². The van der Waals surface area contributed by atoms with Crippen molar-refractivity contribution in [3.8, 4) is 0 Å². The van der Waals surface area contributed by atoms with Crippen molar-refractivity contribution in [2.45, 2.75) is 0 Å². The van der Waals surface area contributed by atoms with Crippen molar-refractivity contribution in [1.82, 2.24) is 4.98 Å². The Morgan fingerprint density at radius 1 is 1.77 bits per heavy atom. The lowest BCUT2D eigenvalue weighted by Crippen LogP contribution is -2.15. The van der Waals surface area contributed by atoms with Crippen LogP contribution >= 0.6 is 22.9 Å². The molecule has 0 aliphatic carbocycles. The van der Waals surface area contributed by atoms with Crippen LogP contribution in [0.25, 0.3) is 0 Å². The highest BCUT2D eigenvalue weighted by molar-refractivity contribution is 7.19. The van der Waals surface area contributed by atoms with Crippen molar-refractivity contribution < 1.29 is 9.90 Å². The topological polar surface area (TPSA) is 88.6 Å². The number of aliphatic carboxylic acids is 1. The van der Waals surface area contributed by atoms with Crippen molar-refractivity contribution in [2.24, 2.45) is 4.99 Å². The Labute approximate surface area is 82.9 Å². The largest absolute Gasteiger partial charge is 0.476 e. The molecule has 5 nitrogen and oxygen atoms in total. The molecular formula is C6H6ClN3O2S. The monoisotopic (exact) mass is 219 g/mol. The summed E-state index contributed by atoms with van der Waals surface area (Å²) in [5.74, 6) is -1.17. The average Bonchev–Trinajstić information content (AvgIpc) is 2.31. The first kappa shape index (κ1) is 9.94. The Morgan fingerprint density at radius 3 is 2.69 bits per heavy atom. The van der Waals surface area contributed by atoms with Gasteiger partial charge in [-0.2, -0.15) is 0 Å². The highest BCUT2D eigenvalue weighted by atomic mass is 35.5. The first-order valence-corrected chi connectivity index (χ1v) is 4.38. The van der Waals surface area contributed by atoms with Crippen molar-refractivity contribution in [3.05, 3.63) is 10.0 Å². The quantitative estimate of drug-likeness (QED) is 0.723. The first-order valence-electron chi connectivity index (χ1n) is 3.18. The summed E-state index contributed by atoms with van der Waals surface area (Å²) < 4.78 is 0.237. The van der Waals surface area contributed by atoms with E-state index >= 15 is 0 Å². The van der Waals surface area contributed by atoms with Crippen molar-refractivity contribution in [3.63, 3.8) is 0 Å². The summed E-state index contributed by atoms with van der Waals surface area (Å²) >= 11 is 6.71. The molecule has 1 aromatic rings. The molecule has 0 aliphatic rings. The van der Waals surface area contributed by atoms with Gasteiger partial charge < -0.3 is 10.8 Å². The van der Waals surface area contributed by atoms with E-state index in [2.05, 4.69) is 9.98 Å². The fraction of sp³-hybridized carbons (Fsp3) is 0.167. The normalized spacial score (nSPS) is 11.7. The van der Waals surface area contributed by atoms with E-state index in [1.54, 1.807) is 0 Å². The van der Waals surface area contributed by atoms with Gasteiger partial charge in [0.15, 0.2) is 10.8 Å². The van der Waals surface area contributed by atoms with Crippen LogP contribution in [-0.4, -0.2) is 28.8 Å². The zero-order valence-corrected chi connectivity index (χ0v) is 8.19. The summed E-state index contributed by atoms with van der Waals surface area (Å²) in [7, 11) is 1.36. The Kier molecular flexibility index (Phi) is 2.84. The van der Waals surface area contributed by atoms with E-state index in [-0.39, 0.29) is 20.9 Å². The van der Waals surface area contributed by atoms with Crippen LogP contribution in [-0.2, 0) is 4.79 Å². The third-order valence-electron chi connectivity index (χ3n) is 1.25. The Hall–Kier alpha value is -1.14. The smallest absolute Gasteiger partial charge is 0.356 e. The van der Waals surface area contributed by atoms with Gasteiger partial charge in [0.2, 0.25) is 0 Å². The van der Waals surface area contributed by atoms with Gasteiger partial charge in [0.05, 0.1) is 0 Å². The highest BCUT2D eigenvalue weighted by Crippen LogP contribution is 2.26. The number of halogens is 1. The lowest BCUT2D eigenvalue weighted by molar-refractivity contribution is -0.129. The number of thiazole rings is 1. The van der Waals surface area contributed by atoms with Gasteiger partial charge in [0.1, 0.15) is 10.0 Å². The second kappa shape index (κ2) is 3.71. The van der Waals surface area contributed by atoms with E-state index in [1.165, 1.54) is 7.05 Å². The molecular weight excluding hydrogens is 214 g/mol. The van der Waals surface area contributed by atoms with Gasteiger partial charge in [-0.3, -0.25) is 4.99 Å². The van der Waals surface area contributed by atoms with E-state index in [4.69, 9.17) is 22.4 Å². The lowest BCUT2D eigenvalue weighted by Gasteiger charge is -1.94. The first-order chi connectivity index (χ1) is 6.06. The van der Waals surface area contributed by atoms with Crippen molar-refractivity contribution in [2.75, 3.05) is 12.8 Å². The fourth-order valence-electron chi connectivity index (χ4n) is 0.766. The van der Waals surface area contributed by atoms with E-state index in [1.807, 2.05) is 0 Å². The molecule has 7 heteroatoms. The van der Waals surface area contributed by atoms with Crippen molar-refractivity contribution >= 4 is 39.8 Å². The molecule has 1 heterocycles. The molecule has 0 unspecified atom stereocenters. The number of carboxylic acid groups (broad SMARTS) is 1. The van der Waals surface area contributed by atoms with E-state index in [0.717, 1.165) is 11.3 Å². The molecule has 0 bridgehead atoms. The molecule has 13 heavy (non-hydrogen) atoms. The minimum absolute atomic E-state index is 0.124. The number of rotatable bonds is 2. The van der Waals surface area contributed by atoms with Gasteiger partial charge in [-0.05, 0) is 0 Å². The number of aromatic nitrogens is 1. The molecule has 0 spiro atoms. The van der Waals surface area contributed by atoms with Crippen LogP contribution in [0.15, 0.2) is 4.99 Å². The predicted octanol–water partition coefficient (Wildman–Crippen LogP) is 0.882. The van der Waals surface area contributed by atoms with E-state index < -0.39 is 5.97 Å². The summed E-state index contributed by atoms with van der Waals surface area (Å²) in [5, 5.41) is 8.92. The minimum Gasteiger partial charge on any atom is -0.476 e. The molecule has 0 amide bonds. The zero-order chi connectivity index (χ0) is 10.0. The molecule has 0 fully saturated rings. The Balaban J connectivity index is 3.20. The number of anilines is 1. The number of nitrogens with zero attached hydrogens (tertiary/aromatic N) is 2. The molecule has 3 N–H and O–H groups in total. The molecule has 0 radical (unpaired) electrons.